The summed E-state index contributed by atoms with van der Waals surface area (Å²) < 4.78 is 0. The summed E-state index contributed by atoms with van der Waals surface area (Å²) in [5.74, 6) is 0. The summed E-state index contributed by atoms with van der Waals surface area (Å²) in [4.78, 5) is 0. The van der Waals surface area contributed by atoms with Crippen molar-refractivity contribution in [2.24, 2.45) is 0 Å². The summed E-state index contributed by atoms with van der Waals surface area (Å²) >= 11 is 0. The fourth-order valence-corrected chi connectivity index (χ4v) is 1.25. The second kappa shape index (κ2) is 4.99. The van der Waals surface area contributed by atoms with Crippen LogP contribution in [0.15, 0.2) is 0 Å². The highest BCUT2D eigenvalue weighted by atomic mass is 16.3. The zero-order valence-corrected chi connectivity index (χ0v) is 8.22. The molecule has 0 spiro atoms. The predicted molar refractivity (Wildman–Crippen MR) is 51.5 cm³/mol. The minimum absolute atomic E-state index is 0.246. The van der Waals surface area contributed by atoms with Gasteiger partial charge in [0.25, 0.3) is 0 Å². The number of nitrogens with one attached hydrogen (secondary N) is 2. The van der Waals surface area contributed by atoms with E-state index in [2.05, 4.69) is 15.5 Å². The fourth-order valence-electron chi connectivity index (χ4n) is 1.25. The Labute approximate surface area is 78.4 Å². The fraction of sp³-hybridized carbons (Fsp3) is 0.667. The first-order valence-electron chi connectivity index (χ1n) is 4.57. The second-order valence-corrected chi connectivity index (χ2v) is 3.17. The molecule has 1 aromatic rings. The highest BCUT2D eigenvalue weighted by Crippen LogP contribution is 2.07. The average Bonchev–Trinajstić information content (AvgIpc) is 2.42. The van der Waals surface area contributed by atoms with E-state index in [9.17, 15) is 0 Å². The monoisotopic (exact) mass is 183 g/mol. The predicted octanol–water partition coefficient (Wildman–Crippen LogP) is 0.499. The minimum Gasteiger partial charge on any atom is -0.396 e. The van der Waals surface area contributed by atoms with Gasteiger partial charge in [-0.1, -0.05) is 0 Å². The number of hydrogen-bond acceptors (Lipinski definition) is 3. The number of hydrogen-bond donors (Lipinski definition) is 3. The number of aliphatic hydroxyl groups is 1. The van der Waals surface area contributed by atoms with E-state index >= 15 is 0 Å². The molecule has 0 saturated heterocycles. The van der Waals surface area contributed by atoms with Crippen molar-refractivity contribution in [2.45, 2.75) is 26.8 Å². The maximum absolute atomic E-state index is 8.57. The van der Waals surface area contributed by atoms with Crippen molar-refractivity contribution in [1.82, 2.24) is 15.5 Å². The van der Waals surface area contributed by atoms with Crippen molar-refractivity contribution in [3.8, 4) is 0 Å². The Hall–Kier alpha value is -0.870. The van der Waals surface area contributed by atoms with Gasteiger partial charge in [0.2, 0.25) is 0 Å². The van der Waals surface area contributed by atoms with Crippen molar-refractivity contribution in [3.05, 3.63) is 17.0 Å². The molecule has 0 atom stereocenters. The summed E-state index contributed by atoms with van der Waals surface area (Å²) in [6, 6.07) is 0. The van der Waals surface area contributed by atoms with Crippen molar-refractivity contribution in [3.63, 3.8) is 0 Å². The molecule has 0 unspecified atom stereocenters. The van der Waals surface area contributed by atoms with Gasteiger partial charge in [-0.05, 0) is 26.8 Å². The Balaban J connectivity index is 2.36. The van der Waals surface area contributed by atoms with Crippen LogP contribution in [0.2, 0.25) is 0 Å². The lowest BCUT2D eigenvalue weighted by Gasteiger charge is -2.03. The molecule has 1 heterocycles. The first kappa shape index (κ1) is 10.2. The molecule has 0 radical (unpaired) electrons. The number of aromatic nitrogens is 2. The van der Waals surface area contributed by atoms with Gasteiger partial charge in [-0.2, -0.15) is 5.10 Å². The third-order valence-corrected chi connectivity index (χ3v) is 2.09. The van der Waals surface area contributed by atoms with Crippen LogP contribution < -0.4 is 5.32 Å². The number of rotatable bonds is 5. The quantitative estimate of drug-likeness (QED) is 0.582. The van der Waals surface area contributed by atoms with Gasteiger partial charge in [-0.25, -0.2) is 0 Å². The van der Waals surface area contributed by atoms with Gasteiger partial charge in [-0.3, -0.25) is 5.10 Å². The molecule has 3 N–H and O–H groups in total. The van der Waals surface area contributed by atoms with Gasteiger partial charge in [0.05, 0.1) is 5.69 Å². The third-order valence-electron chi connectivity index (χ3n) is 2.09. The summed E-state index contributed by atoms with van der Waals surface area (Å²) in [6.45, 7) is 5.93. The molecule has 13 heavy (non-hydrogen) atoms. The largest absolute Gasteiger partial charge is 0.396 e. The summed E-state index contributed by atoms with van der Waals surface area (Å²) in [6.07, 6.45) is 0.802. The van der Waals surface area contributed by atoms with Crippen LogP contribution in [0.3, 0.4) is 0 Å². The van der Waals surface area contributed by atoms with E-state index in [0.717, 1.165) is 30.9 Å². The molecular weight excluding hydrogens is 166 g/mol. The highest BCUT2D eigenvalue weighted by Gasteiger charge is 2.04. The van der Waals surface area contributed by atoms with Crippen molar-refractivity contribution in [2.75, 3.05) is 13.2 Å². The second-order valence-electron chi connectivity index (χ2n) is 3.17. The number of nitrogens with zero attached hydrogens (tertiary/aromatic N) is 1. The molecule has 4 heteroatoms. The van der Waals surface area contributed by atoms with Crippen molar-refractivity contribution < 1.29 is 5.11 Å². The van der Waals surface area contributed by atoms with E-state index in [4.69, 9.17) is 5.11 Å². The van der Waals surface area contributed by atoms with Gasteiger partial charge in [-0.15, -0.1) is 0 Å². The third kappa shape index (κ3) is 2.82. The van der Waals surface area contributed by atoms with Crippen LogP contribution in [0.25, 0.3) is 0 Å². The van der Waals surface area contributed by atoms with Crippen molar-refractivity contribution >= 4 is 0 Å². The van der Waals surface area contributed by atoms with Crippen LogP contribution >= 0.6 is 0 Å². The summed E-state index contributed by atoms with van der Waals surface area (Å²) in [7, 11) is 0. The molecular formula is C9H17N3O. The molecule has 0 aliphatic rings. The molecule has 0 amide bonds. The molecule has 1 rings (SSSR count). The molecule has 1 aromatic heterocycles. The Kier molecular flexibility index (Phi) is 3.92. The van der Waals surface area contributed by atoms with Gasteiger partial charge < -0.3 is 10.4 Å². The first-order valence-corrected chi connectivity index (χ1v) is 4.57. The minimum atomic E-state index is 0.246. The molecule has 0 aromatic carbocycles. The topological polar surface area (TPSA) is 60.9 Å². The Morgan fingerprint density at radius 2 is 2.23 bits per heavy atom. The van der Waals surface area contributed by atoms with E-state index < -0.39 is 0 Å². The molecule has 0 aliphatic carbocycles. The molecule has 4 nitrogen and oxygen atoms in total. The van der Waals surface area contributed by atoms with Crippen LogP contribution in [0.4, 0.5) is 0 Å². The van der Waals surface area contributed by atoms with E-state index in [0.29, 0.717) is 0 Å². The smallest absolute Gasteiger partial charge is 0.0638 e. The van der Waals surface area contributed by atoms with Crippen LogP contribution in [-0.2, 0) is 6.54 Å². The molecule has 0 bridgehead atoms. The number of H-pyrrole nitrogens is 1. The summed E-state index contributed by atoms with van der Waals surface area (Å²) in [5.41, 5.74) is 3.40. The average molecular weight is 183 g/mol. The van der Waals surface area contributed by atoms with Crippen LogP contribution in [0.1, 0.15) is 23.4 Å². The molecule has 0 aliphatic heterocycles. The number of aliphatic hydroxyl groups excluding tert-OH is 1. The standard InChI is InChI=1S/C9H17N3O/c1-7-9(8(2)12-11-7)6-10-4-3-5-13/h10,13H,3-6H2,1-2H3,(H,11,12). The molecule has 0 saturated carbocycles. The maximum Gasteiger partial charge on any atom is 0.0638 e. The lowest BCUT2D eigenvalue weighted by molar-refractivity contribution is 0.286. The molecule has 0 fully saturated rings. The maximum atomic E-state index is 8.57. The van der Waals surface area contributed by atoms with Crippen LogP contribution in [-0.4, -0.2) is 28.5 Å². The van der Waals surface area contributed by atoms with Crippen LogP contribution in [0, 0.1) is 13.8 Å². The van der Waals surface area contributed by atoms with E-state index in [1.165, 1.54) is 5.56 Å². The Bertz CT molecular complexity index is 238. The Morgan fingerprint density at radius 1 is 1.46 bits per heavy atom. The van der Waals surface area contributed by atoms with E-state index in [1.54, 1.807) is 0 Å². The van der Waals surface area contributed by atoms with Gasteiger partial charge in [0.1, 0.15) is 0 Å². The molecule has 74 valence electrons. The van der Waals surface area contributed by atoms with Crippen LogP contribution in [0.5, 0.6) is 0 Å². The zero-order valence-electron chi connectivity index (χ0n) is 8.22. The highest BCUT2D eigenvalue weighted by molar-refractivity contribution is 5.22. The van der Waals surface area contributed by atoms with E-state index in [1.807, 2.05) is 13.8 Å². The van der Waals surface area contributed by atoms with Gasteiger partial charge in [0.15, 0.2) is 0 Å². The number of aryl methyl sites for hydroxylation is 2. The van der Waals surface area contributed by atoms with Gasteiger partial charge in [0, 0.05) is 24.4 Å². The van der Waals surface area contributed by atoms with Gasteiger partial charge >= 0.3 is 0 Å². The zero-order chi connectivity index (χ0) is 9.68. The first-order chi connectivity index (χ1) is 6.25. The van der Waals surface area contributed by atoms with Crippen molar-refractivity contribution in [1.29, 1.82) is 0 Å². The lowest BCUT2D eigenvalue weighted by Crippen LogP contribution is -2.16. The summed E-state index contributed by atoms with van der Waals surface area (Å²) in [5, 5.41) is 18.9. The van der Waals surface area contributed by atoms with E-state index in [-0.39, 0.29) is 6.61 Å². The lowest BCUT2D eigenvalue weighted by atomic mass is 10.2. The Morgan fingerprint density at radius 3 is 2.77 bits per heavy atom. The SMILES string of the molecule is Cc1n[nH]c(C)c1CNCCCO. The normalized spacial score (nSPS) is 10.7. The number of aromatic amines is 1.